The van der Waals surface area contributed by atoms with Crippen molar-refractivity contribution in [1.29, 1.82) is 0 Å². The molecule has 6 nitrogen and oxygen atoms in total. The lowest BCUT2D eigenvalue weighted by Gasteiger charge is -2.02. The molecule has 0 amide bonds. The van der Waals surface area contributed by atoms with E-state index in [1.165, 1.54) is 6.92 Å². The standard InChI is InChI=1S/C7H7NO5S/c1-4-2-6(9)5(8(10)11)3-7(4)14(12)13/h2-3,9H,1H3,(H,12,13). The number of nitro groups is 1. The van der Waals surface area contributed by atoms with E-state index in [0.717, 1.165) is 12.1 Å². The Hall–Kier alpha value is -1.47. The highest BCUT2D eigenvalue weighted by Crippen LogP contribution is 2.30. The van der Waals surface area contributed by atoms with Crippen LogP contribution in [-0.4, -0.2) is 18.8 Å². The van der Waals surface area contributed by atoms with Crippen LogP contribution in [0.2, 0.25) is 0 Å². The molecule has 0 aliphatic carbocycles. The van der Waals surface area contributed by atoms with Gasteiger partial charge in [-0.25, -0.2) is 4.21 Å². The molecule has 1 aromatic carbocycles. The molecule has 0 heterocycles. The van der Waals surface area contributed by atoms with Crippen molar-refractivity contribution in [3.05, 3.63) is 27.8 Å². The van der Waals surface area contributed by atoms with Crippen molar-refractivity contribution in [2.45, 2.75) is 11.8 Å². The zero-order valence-corrected chi connectivity index (χ0v) is 7.95. The van der Waals surface area contributed by atoms with Gasteiger partial charge in [-0.05, 0) is 18.6 Å². The molecule has 2 N–H and O–H groups in total. The van der Waals surface area contributed by atoms with E-state index in [2.05, 4.69) is 0 Å². The fourth-order valence-corrected chi connectivity index (χ4v) is 1.54. The van der Waals surface area contributed by atoms with E-state index in [0.29, 0.717) is 5.56 Å². The molecule has 0 aliphatic rings. The largest absolute Gasteiger partial charge is 0.502 e. The fourth-order valence-electron chi connectivity index (χ4n) is 0.996. The molecular formula is C7H7NO5S. The van der Waals surface area contributed by atoms with Crippen LogP contribution in [0.4, 0.5) is 5.69 Å². The average molecular weight is 217 g/mol. The van der Waals surface area contributed by atoms with Gasteiger partial charge in [0.1, 0.15) is 0 Å². The van der Waals surface area contributed by atoms with E-state index < -0.39 is 27.4 Å². The smallest absolute Gasteiger partial charge is 0.312 e. The van der Waals surface area contributed by atoms with Crippen molar-refractivity contribution < 1.29 is 18.8 Å². The van der Waals surface area contributed by atoms with Crippen LogP contribution in [-0.2, 0) is 11.1 Å². The summed E-state index contributed by atoms with van der Waals surface area (Å²) in [6, 6.07) is 1.97. The number of hydrogen-bond donors (Lipinski definition) is 2. The van der Waals surface area contributed by atoms with Crippen LogP contribution in [0.25, 0.3) is 0 Å². The minimum atomic E-state index is -2.29. The Labute approximate surface area is 81.6 Å². The molecule has 1 atom stereocenters. The number of aryl methyl sites for hydroxylation is 1. The normalized spacial score (nSPS) is 12.4. The number of phenols is 1. The first kappa shape index (κ1) is 10.6. The molecule has 1 unspecified atom stereocenters. The quantitative estimate of drug-likeness (QED) is 0.440. The number of hydrogen-bond acceptors (Lipinski definition) is 4. The molecule has 0 fully saturated rings. The molecule has 0 bridgehead atoms. The number of benzene rings is 1. The zero-order chi connectivity index (χ0) is 10.9. The second kappa shape index (κ2) is 3.72. The summed E-state index contributed by atoms with van der Waals surface area (Å²) in [6.07, 6.45) is 0. The molecule has 1 rings (SSSR count). The molecule has 1 aromatic rings. The maximum absolute atomic E-state index is 10.7. The van der Waals surface area contributed by atoms with Gasteiger partial charge in [-0.1, -0.05) is 0 Å². The first-order valence-corrected chi connectivity index (χ1v) is 4.63. The number of nitrogens with zero attached hydrogens (tertiary/aromatic N) is 1. The van der Waals surface area contributed by atoms with Crippen LogP contribution in [0.5, 0.6) is 5.75 Å². The topological polar surface area (TPSA) is 101 Å². The third-order valence-corrected chi connectivity index (χ3v) is 2.47. The molecule has 76 valence electrons. The van der Waals surface area contributed by atoms with Crippen molar-refractivity contribution in [3.63, 3.8) is 0 Å². The SMILES string of the molecule is Cc1cc(O)c([N+](=O)[O-])cc1S(=O)O. The number of nitro benzene ring substituents is 1. The fraction of sp³-hybridized carbons (Fsp3) is 0.143. The number of rotatable bonds is 2. The molecular weight excluding hydrogens is 210 g/mol. The van der Waals surface area contributed by atoms with Crippen molar-refractivity contribution in [3.8, 4) is 5.75 Å². The van der Waals surface area contributed by atoms with Gasteiger partial charge in [0.25, 0.3) is 0 Å². The van der Waals surface area contributed by atoms with Crippen LogP contribution in [0.15, 0.2) is 17.0 Å². The van der Waals surface area contributed by atoms with Gasteiger partial charge in [0.15, 0.2) is 16.8 Å². The number of phenolic OH excluding ortho intramolecular Hbond substituents is 1. The summed E-state index contributed by atoms with van der Waals surface area (Å²) in [5.74, 6) is -0.512. The van der Waals surface area contributed by atoms with Crippen molar-refractivity contribution in [2.75, 3.05) is 0 Å². The van der Waals surface area contributed by atoms with E-state index in [-0.39, 0.29) is 4.90 Å². The van der Waals surface area contributed by atoms with Crippen molar-refractivity contribution in [1.82, 2.24) is 0 Å². The van der Waals surface area contributed by atoms with Crippen LogP contribution >= 0.6 is 0 Å². The second-order valence-corrected chi connectivity index (χ2v) is 3.55. The van der Waals surface area contributed by atoms with Crippen molar-refractivity contribution in [2.24, 2.45) is 0 Å². The predicted molar refractivity (Wildman–Crippen MR) is 48.5 cm³/mol. The van der Waals surface area contributed by atoms with E-state index in [1.54, 1.807) is 0 Å². The van der Waals surface area contributed by atoms with E-state index in [9.17, 15) is 14.3 Å². The summed E-state index contributed by atoms with van der Waals surface area (Å²) in [4.78, 5) is 9.48. The highest BCUT2D eigenvalue weighted by Gasteiger charge is 2.18. The Kier molecular flexibility index (Phi) is 2.82. The molecule has 14 heavy (non-hydrogen) atoms. The van der Waals surface area contributed by atoms with Crippen LogP contribution in [0.3, 0.4) is 0 Å². The average Bonchev–Trinajstić information content (AvgIpc) is 2.02. The number of aromatic hydroxyl groups is 1. The van der Waals surface area contributed by atoms with Gasteiger partial charge < -0.3 is 9.66 Å². The van der Waals surface area contributed by atoms with Gasteiger partial charge in [0.05, 0.1) is 9.82 Å². The third-order valence-electron chi connectivity index (χ3n) is 1.66. The summed E-state index contributed by atoms with van der Waals surface area (Å²) in [5.41, 5.74) is -0.248. The predicted octanol–water partition coefficient (Wildman–Crippen LogP) is 1.19. The lowest BCUT2D eigenvalue weighted by Crippen LogP contribution is -1.96. The lowest BCUT2D eigenvalue weighted by atomic mass is 10.2. The summed E-state index contributed by atoms with van der Waals surface area (Å²) in [7, 11) is 0. The summed E-state index contributed by atoms with van der Waals surface area (Å²) < 4.78 is 19.5. The van der Waals surface area contributed by atoms with Gasteiger partial charge >= 0.3 is 5.69 Å². The van der Waals surface area contributed by atoms with Gasteiger partial charge in [0, 0.05) is 6.07 Å². The summed E-state index contributed by atoms with van der Waals surface area (Å²) in [5, 5.41) is 19.5. The molecule has 0 saturated heterocycles. The van der Waals surface area contributed by atoms with Gasteiger partial charge in [-0.2, -0.15) is 0 Å². The second-order valence-electron chi connectivity index (χ2n) is 2.61. The van der Waals surface area contributed by atoms with E-state index >= 15 is 0 Å². The molecule has 0 saturated carbocycles. The van der Waals surface area contributed by atoms with Crippen LogP contribution in [0, 0.1) is 17.0 Å². The van der Waals surface area contributed by atoms with Gasteiger partial charge in [0.2, 0.25) is 0 Å². The Bertz CT molecular complexity index is 382. The Morgan fingerprint density at radius 2 is 2.07 bits per heavy atom. The monoisotopic (exact) mass is 217 g/mol. The van der Waals surface area contributed by atoms with Crippen LogP contribution < -0.4 is 0 Å². The first-order valence-electron chi connectivity index (χ1n) is 3.52. The van der Waals surface area contributed by atoms with Crippen molar-refractivity contribution >= 4 is 16.8 Å². The minimum Gasteiger partial charge on any atom is -0.502 e. The molecule has 0 radical (unpaired) electrons. The Balaban J connectivity index is 3.42. The maximum atomic E-state index is 10.7. The Morgan fingerprint density at radius 3 is 2.50 bits per heavy atom. The van der Waals surface area contributed by atoms with E-state index in [1.807, 2.05) is 0 Å². The molecule has 0 aliphatic heterocycles. The molecule has 7 heteroatoms. The summed E-state index contributed by atoms with van der Waals surface area (Å²) >= 11 is -2.29. The highest BCUT2D eigenvalue weighted by atomic mass is 32.2. The maximum Gasteiger partial charge on any atom is 0.312 e. The molecule has 0 aromatic heterocycles. The van der Waals surface area contributed by atoms with Gasteiger partial charge in [-0.15, -0.1) is 0 Å². The van der Waals surface area contributed by atoms with E-state index in [4.69, 9.17) is 9.66 Å². The Morgan fingerprint density at radius 1 is 1.50 bits per heavy atom. The first-order chi connectivity index (χ1) is 6.43. The van der Waals surface area contributed by atoms with Crippen LogP contribution in [0.1, 0.15) is 5.56 Å². The lowest BCUT2D eigenvalue weighted by molar-refractivity contribution is -0.386. The molecule has 0 spiro atoms. The third kappa shape index (κ3) is 1.88. The summed E-state index contributed by atoms with van der Waals surface area (Å²) in [6.45, 7) is 1.48. The van der Waals surface area contributed by atoms with Gasteiger partial charge in [-0.3, -0.25) is 10.1 Å². The zero-order valence-electron chi connectivity index (χ0n) is 7.13. The highest BCUT2D eigenvalue weighted by molar-refractivity contribution is 7.79. The minimum absolute atomic E-state index is 0.0745.